The number of benzene rings is 1. The number of thioether (sulfide) groups is 1. The van der Waals surface area contributed by atoms with Crippen molar-refractivity contribution < 1.29 is 23.5 Å². The van der Waals surface area contributed by atoms with Crippen molar-refractivity contribution in [2.75, 3.05) is 12.3 Å². The van der Waals surface area contributed by atoms with Crippen LogP contribution in [0.15, 0.2) is 29.2 Å². The predicted octanol–water partition coefficient (Wildman–Crippen LogP) is 2.88. The normalized spacial score (nSPS) is 24.2. The minimum Gasteiger partial charge on any atom is -0.503 e. The molecule has 3 aliphatic heterocycles. The second-order valence-electron chi connectivity index (χ2n) is 9.53. The molecule has 2 saturated heterocycles. The number of aromatic nitrogens is 1. The number of hydrogen-bond donors (Lipinski definition) is 2. The van der Waals surface area contributed by atoms with Crippen molar-refractivity contribution in [2.45, 2.75) is 63.3 Å². The molecule has 11 heteroatoms. The Kier molecular flexibility index (Phi) is 6.78. The summed E-state index contributed by atoms with van der Waals surface area (Å²) in [5, 5.41) is 13.5. The van der Waals surface area contributed by atoms with Crippen LogP contribution in [-0.2, 0) is 13.1 Å². The first-order valence-corrected chi connectivity index (χ1v) is 13.2. The molecule has 1 unspecified atom stereocenters. The molecule has 3 aliphatic rings. The molecule has 0 bridgehead atoms. The molecule has 0 radical (unpaired) electrons. The molecular formula is C25H28F2N4O4S. The van der Waals surface area contributed by atoms with Crippen LogP contribution in [0, 0.1) is 11.6 Å². The lowest BCUT2D eigenvalue weighted by Gasteiger charge is -2.52. The van der Waals surface area contributed by atoms with Gasteiger partial charge >= 0.3 is 0 Å². The van der Waals surface area contributed by atoms with Crippen LogP contribution in [0.3, 0.4) is 0 Å². The van der Waals surface area contributed by atoms with E-state index < -0.39 is 34.6 Å². The fraction of sp³-hybridized carbons (Fsp3) is 0.480. The summed E-state index contributed by atoms with van der Waals surface area (Å²) in [6, 6.07) is 2.93. The summed E-state index contributed by atoms with van der Waals surface area (Å²) in [5.41, 5.74) is -1.38. The number of amides is 2. The quantitative estimate of drug-likeness (QED) is 0.647. The molecule has 5 rings (SSSR count). The van der Waals surface area contributed by atoms with Gasteiger partial charge in [-0.3, -0.25) is 19.3 Å². The van der Waals surface area contributed by atoms with Crippen LogP contribution in [0.2, 0.25) is 0 Å². The zero-order valence-corrected chi connectivity index (χ0v) is 20.7. The Hall–Kier alpha value is -2.92. The summed E-state index contributed by atoms with van der Waals surface area (Å²) in [6.45, 7) is 2.85. The van der Waals surface area contributed by atoms with E-state index in [1.807, 2.05) is 18.7 Å². The second kappa shape index (κ2) is 9.85. The molecule has 0 spiro atoms. The third-order valence-electron chi connectivity index (χ3n) is 7.26. The number of pyridine rings is 1. The average molecular weight is 519 g/mol. The van der Waals surface area contributed by atoms with Gasteiger partial charge in [-0.2, -0.15) is 0 Å². The average Bonchev–Trinajstić information content (AvgIpc) is 2.86. The van der Waals surface area contributed by atoms with Gasteiger partial charge in [-0.25, -0.2) is 8.78 Å². The van der Waals surface area contributed by atoms with Crippen LogP contribution >= 0.6 is 11.8 Å². The molecule has 2 N–H and O–H groups in total. The Morgan fingerprint density at radius 3 is 2.75 bits per heavy atom. The predicted molar refractivity (Wildman–Crippen MR) is 131 cm³/mol. The summed E-state index contributed by atoms with van der Waals surface area (Å²) < 4.78 is 28.6. The Morgan fingerprint density at radius 2 is 2.03 bits per heavy atom. The smallest absolute Gasteiger partial charge is 0.276 e. The van der Waals surface area contributed by atoms with E-state index >= 15 is 0 Å². The minimum absolute atomic E-state index is 0.0506. The highest BCUT2D eigenvalue weighted by Gasteiger charge is 2.45. The summed E-state index contributed by atoms with van der Waals surface area (Å²) in [4.78, 5) is 43.3. The molecule has 192 valence electrons. The highest BCUT2D eigenvalue weighted by molar-refractivity contribution is 7.99. The Morgan fingerprint density at radius 1 is 1.22 bits per heavy atom. The van der Waals surface area contributed by atoms with E-state index in [4.69, 9.17) is 0 Å². The number of hydrogen-bond acceptors (Lipinski definition) is 6. The van der Waals surface area contributed by atoms with Crippen molar-refractivity contribution in [3.8, 4) is 5.75 Å². The van der Waals surface area contributed by atoms with Gasteiger partial charge in [0.1, 0.15) is 23.4 Å². The number of nitrogens with one attached hydrogen (secondary N) is 1. The fourth-order valence-electron chi connectivity index (χ4n) is 5.34. The molecule has 1 aromatic heterocycles. The minimum atomic E-state index is -0.963. The molecule has 0 saturated carbocycles. The van der Waals surface area contributed by atoms with Crippen molar-refractivity contribution in [1.82, 2.24) is 19.7 Å². The number of aromatic hydroxyl groups is 1. The van der Waals surface area contributed by atoms with Crippen LogP contribution in [0.5, 0.6) is 5.75 Å². The summed E-state index contributed by atoms with van der Waals surface area (Å²) >= 11 is 1.89. The summed E-state index contributed by atoms with van der Waals surface area (Å²) in [6.07, 6.45) is 5.19. The number of carbonyl (C=O) groups is 2. The number of carbonyl (C=O) groups excluding carboxylic acids is 2. The van der Waals surface area contributed by atoms with Crippen molar-refractivity contribution >= 4 is 23.6 Å². The first-order valence-electron chi connectivity index (χ1n) is 12.1. The van der Waals surface area contributed by atoms with E-state index in [-0.39, 0.29) is 40.9 Å². The van der Waals surface area contributed by atoms with Crippen molar-refractivity contribution in [1.29, 1.82) is 0 Å². The highest BCUT2D eigenvalue weighted by atomic mass is 32.2. The Labute approximate surface area is 211 Å². The lowest BCUT2D eigenvalue weighted by molar-refractivity contribution is -0.0389. The van der Waals surface area contributed by atoms with E-state index in [9.17, 15) is 28.3 Å². The summed E-state index contributed by atoms with van der Waals surface area (Å²) in [5.74, 6) is -2.51. The molecule has 2 fully saturated rings. The van der Waals surface area contributed by atoms with Crippen LogP contribution in [0.4, 0.5) is 8.78 Å². The van der Waals surface area contributed by atoms with Crippen molar-refractivity contribution in [3.63, 3.8) is 0 Å². The molecule has 4 heterocycles. The van der Waals surface area contributed by atoms with Crippen molar-refractivity contribution in [3.05, 3.63) is 63.1 Å². The maximum absolute atomic E-state index is 13.9. The van der Waals surface area contributed by atoms with E-state index in [0.717, 1.165) is 37.6 Å². The molecule has 36 heavy (non-hydrogen) atoms. The zero-order valence-electron chi connectivity index (χ0n) is 19.9. The standard InChI is InChI=1S/C25H28F2N4O4S/c1-14-7-8-30(20-4-2-3-9-36-20)19-13-29-12-17(22(32)23(33)21(29)25(35)31(14)19)24(34)28-11-15-5-6-16(26)10-18(15)27/h5-6,10,12,14,19-20,33H,2-4,7-9,11,13H2,1H3,(H,28,34)/t14-,19+,20?/m0/s1. The van der Waals surface area contributed by atoms with Crippen LogP contribution in [0.1, 0.15) is 59.0 Å². The number of fused-ring (bicyclic) bond motifs is 2. The van der Waals surface area contributed by atoms with Crippen LogP contribution < -0.4 is 10.7 Å². The third-order valence-corrected chi connectivity index (χ3v) is 8.68. The Balaban J connectivity index is 1.44. The topological polar surface area (TPSA) is 94.9 Å². The zero-order chi connectivity index (χ0) is 25.6. The highest BCUT2D eigenvalue weighted by Crippen LogP contribution is 2.37. The molecule has 0 aliphatic carbocycles. The van der Waals surface area contributed by atoms with E-state index in [2.05, 4.69) is 10.2 Å². The Bertz CT molecular complexity index is 1260. The van der Waals surface area contributed by atoms with Crippen LogP contribution in [0.25, 0.3) is 0 Å². The molecule has 8 nitrogen and oxygen atoms in total. The molecule has 1 aromatic carbocycles. The van der Waals surface area contributed by atoms with Crippen LogP contribution in [-0.4, -0.2) is 61.2 Å². The van der Waals surface area contributed by atoms with Crippen molar-refractivity contribution in [2.24, 2.45) is 0 Å². The lowest BCUT2D eigenvalue weighted by Crippen LogP contribution is -2.65. The van der Waals surface area contributed by atoms with Gasteiger partial charge in [-0.15, -0.1) is 11.8 Å². The van der Waals surface area contributed by atoms with Gasteiger partial charge in [0.2, 0.25) is 5.43 Å². The van der Waals surface area contributed by atoms with E-state index in [0.29, 0.717) is 12.6 Å². The van der Waals surface area contributed by atoms with E-state index in [1.54, 1.807) is 4.90 Å². The molecule has 3 atom stereocenters. The van der Waals surface area contributed by atoms with E-state index in [1.165, 1.54) is 23.3 Å². The molecule has 2 amide bonds. The SMILES string of the molecule is C[C@H]1CCN(C2CCCCS2)[C@H]2Cn3cc(C(=O)NCc4ccc(F)cc4F)c(=O)c(O)c3C(=O)N21. The maximum atomic E-state index is 13.9. The first kappa shape index (κ1) is 24.8. The third kappa shape index (κ3) is 4.39. The first-order chi connectivity index (χ1) is 17.3. The monoisotopic (exact) mass is 518 g/mol. The van der Waals surface area contributed by atoms with Gasteiger partial charge in [0.15, 0.2) is 11.4 Å². The maximum Gasteiger partial charge on any atom is 0.276 e. The molecule has 2 aromatic rings. The van der Waals surface area contributed by atoms with Gasteiger partial charge in [0, 0.05) is 37.0 Å². The summed E-state index contributed by atoms with van der Waals surface area (Å²) in [7, 11) is 0. The van der Waals surface area contributed by atoms with Gasteiger partial charge in [0.05, 0.1) is 11.9 Å². The lowest BCUT2D eigenvalue weighted by atomic mass is 10.0. The number of rotatable bonds is 4. The van der Waals surface area contributed by atoms with Gasteiger partial charge in [-0.1, -0.05) is 12.5 Å². The largest absolute Gasteiger partial charge is 0.503 e. The number of halogens is 2. The van der Waals surface area contributed by atoms with Gasteiger partial charge < -0.3 is 19.9 Å². The molecular weight excluding hydrogens is 490 g/mol. The second-order valence-corrected chi connectivity index (χ2v) is 10.8. The number of nitrogens with zero attached hydrogens (tertiary/aromatic N) is 3. The van der Waals surface area contributed by atoms with Gasteiger partial charge in [-0.05, 0) is 38.0 Å². The van der Waals surface area contributed by atoms with Gasteiger partial charge in [0.25, 0.3) is 11.8 Å². The fourth-order valence-corrected chi connectivity index (χ4v) is 6.75.